The highest BCUT2D eigenvalue weighted by Crippen LogP contribution is 2.16. The topological polar surface area (TPSA) is 17.8 Å². The van der Waals surface area contributed by atoms with E-state index in [0.29, 0.717) is 5.92 Å². The molecule has 0 radical (unpaired) electrons. The predicted molar refractivity (Wildman–Crippen MR) is 67.0 cm³/mol. The number of benzene rings is 1. The summed E-state index contributed by atoms with van der Waals surface area (Å²) in [6.07, 6.45) is 5.05. The molecule has 2 heteroatoms. The lowest BCUT2D eigenvalue weighted by molar-refractivity contribution is 0.853. The summed E-state index contributed by atoms with van der Waals surface area (Å²) in [5.74, 6) is 0.581. The molecule has 0 aliphatic heterocycles. The maximum Gasteiger partial charge on any atom is 0.0645 e. The smallest absolute Gasteiger partial charge is 0.0645 e. The van der Waals surface area contributed by atoms with E-state index < -0.39 is 0 Å². The summed E-state index contributed by atoms with van der Waals surface area (Å²) in [5.41, 5.74) is 3.77. The number of hydrogen-bond acceptors (Lipinski definition) is 1. The molecule has 16 heavy (non-hydrogen) atoms. The van der Waals surface area contributed by atoms with Crippen LogP contribution in [0.15, 0.2) is 36.7 Å². The first kappa shape index (κ1) is 10.9. The van der Waals surface area contributed by atoms with Crippen molar-refractivity contribution in [3.05, 3.63) is 47.8 Å². The van der Waals surface area contributed by atoms with Crippen LogP contribution >= 0.6 is 0 Å². The van der Waals surface area contributed by atoms with Crippen LogP contribution < -0.4 is 0 Å². The van der Waals surface area contributed by atoms with E-state index in [9.17, 15) is 0 Å². The van der Waals surface area contributed by atoms with Gasteiger partial charge in [-0.05, 0) is 35.6 Å². The van der Waals surface area contributed by atoms with E-state index >= 15 is 0 Å². The average molecular weight is 214 g/mol. The van der Waals surface area contributed by atoms with E-state index in [1.54, 1.807) is 0 Å². The van der Waals surface area contributed by atoms with E-state index in [4.69, 9.17) is 0 Å². The van der Waals surface area contributed by atoms with Crippen LogP contribution in [-0.4, -0.2) is 9.78 Å². The fourth-order valence-electron chi connectivity index (χ4n) is 1.70. The molecule has 2 nitrogen and oxygen atoms in total. The third-order valence-corrected chi connectivity index (χ3v) is 2.87. The Bertz CT molecular complexity index is 452. The van der Waals surface area contributed by atoms with Crippen LogP contribution in [0.5, 0.6) is 0 Å². The molecule has 0 aliphatic rings. The second kappa shape index (κ2) is 4.52. The predicted octanol–water partition coefficient (Wildman–Crippen LogP) is 3.56. The third-order valence-electron chi connectivity index (χ3n) is 2.87. The van der Waals surface area contributed by atoms with Crippen LogP contribution in [-0.2, 0) is 6.42 Å². The van der Waals surface area contributed by atoms with E-state index in [0.717, 1.165) is 12.1 Å². The van der Waals surface area contributed by atoms with Gasteiger partial charge in [-0.25, -0.2) is 4.68 Å². The van der Waals surface area contributed by atoms with Gasteiger partial charge in [-0.1, -0.05) is 32.9 Å². The molecule has 2 rings (SSSR count). The molecule has 84 valence electrons. The second-order valence-corrected chi connectivity index (χ2v) is 4.39. The van der Waals surface area contributed by atoms with Gasteiger partial charge in [0.25, 0.3) is 0 Å². The molecule has 0 saturated carbocycles. The minimum absolute atomic E-state index is 0.581. The molecule has 0 atom stereocenters. The highest BCUT2D eigenvalue weighted by Gasteiger charge is 2.01. The molecule has 0 bridgehead atoms. The Kier molecular flexibility index (Phi) is 3.09. The van der Waals surface area contributed by atoms with Gasteiger partial charge in [-0.15, -0.1) is 0 Å². The summed E-state index contributed by atoms with van der Waals surface area (Å²) in [6, 6.07) is 8.60. The van der Waals surface area contributed by atoms with Gasteiger partial charge in [-0.3, -0.25) is 0 Å². The van der Waals surface area contributed by atoms with Gasteiger partial charge in [0.2, 0.25) is 0 Å². The lowest BCUT2D eigenvalue weighted by Gasteiger charge is -2.06. The molecule has 0 aliphatic carbocycles. The van der Waals surface area contributed by atoms with E-state index in [1.165, 1.54) is 11.1 Å². The van der Waals surface area contributed by atoms with Crippen LogP contribution in [0.4, 0.5) is 0 Å². The monoisotopic (exact) mass is 214 g/mol. The summed E-state index contributed by atoms with van der Waals surface area (Å²) in [5, 5.41) is 4.35. The zero-order valence-electron chi connectivity index (χ0n) is 10.1. The number of hydrogen-bond donors (Lipinski definition) is 0. The Morgan fingerprint density at radius 2 is 1.88 bits per heavy atom. The Labute approximate surface area is 96.9 Å². The molecule has 1 aromatic heterocycles. The first-order chi connectivity index (χ1) is 7.70. The lowest BCUT2D eigenvalue weighted by Crippen LogP contribution is -1.95. The van der Waals surface area contributed by atoms with Crippen molar-refractivity contribution < 1.29 is 0 Å². The fraction of sp³-hybridized carbons (Fsp3) is 0.357. The fourth-order valence-corrected chi connectivity index (χ4v) is 1.70. The Balaban J connectivity index is 2.27. The summed E-state index contributed by atoms with van der Waals surface area (Å²) in [7, 11) is 0. The van der Waals surface area contributed by atoms with Gasteiger partial charge >= 0.3 is 0 Å². The standard InChI is InChI=1S/C14H18N2/c1-4-12-9-15-16(10-12)14-7-5-13(6-8-14)11(2)3/h5-11H,4H2,1-3H3. The first-order valence-electron chi connectivity index (χ1n) is 5.84. The molecule has 0 saturated heterocycles. The van der Waals surface area contributed by atoms with Gasteiger partial charge < -0.3 is 0 Å². The summed E-state index contributed by atoms with van der Waals surface area (Å²) >= 11 is 0. The summed E-state index contributed by atoms with van der Waals surface area (Å²) in [6.45, 7) is 6.55. The molecule has 0 N–H and O–H groups in total. The normalized spacial score (nSPS) is 11.0. The zero-order valence-corrected chi connectivity index (χ0v) is 10.1. The van der Waals surface area contributed by atoms with Crippen molar-refractivity contribution in [2.45, 2.75) is 33.1 Å². The van der Waals surface area contributed by atoms with Crippen molar-refractivity contribution in [2.24, 2.45) is 0 Å². The Hall–Kier alpha value is -1.57. The Morgan fingerprint density at radius 1 is 1.19 bits per heavy atom. The van der Waals surface area contributed by atoms with Crippen molar-refractivity contribution >= 4 is 0 Å². The van der Waals surface area contributed by atoms with E-state index in [2.05, 4.69) is 56.3 Å². The molecule has 0 spiro atoms. The number of nitrogens with zero attached hydrogens (tertiary/aromatic N) is 2. The number of rotatable bonds is 3. The number of aromatic nitrogens is 2. The van der Waals surface area contributed by atoms with E-state index in [-0.39, 0.29) is 0 Å². The lowest BCUT2D eigenvalue weighted by atomic mass is 10.0. The van der Waals surface area contributed by atoms with E-state index in [1.807, 2.05) is 10.9 Å². The third kappa shape index (κ3) is 2.16. The highest BCUT2D eigenvalue weighted by molar-refractivity contribution is 5.35. The minimum atomic E-state index is 0.581. The van der Waals surface area contributed by atoms with Crippen LogP contribution in [0.1, 0.15) is 37.8 Å². The molecule has 0 amide bonds. The van der Waals surface area contributed by atoms with Gasteiger partial charge in [0.15, 0.2) is 0 Å². The van der Waals surface area contributed by atoms with Crippen molar-refractivity contribution in [2.75, 3.05) is 0 Å². The summed E-state index contributed by atoms with van der Waals surface area (Å²) in [4.78, 5) is 0. The largest absolute Gasteiger partial charge is 0.241 e. The van der Waals surface area contributed by atoms with Crippen LogP contribution in [0.3, 0.4) is 0 Å². The zero-order chi connectivity index (χ0) is 11.5. The van der Waals surface area contributed by atoms with Gasteiger partial charge in [0, 0.05) is 6.20 Å². The molecular weight excluding hydrogens is 196 g/mol. The first-order valence-corrected chi connectivity index (χ1v) is 5.84. The molecule has 0 fully saturated rings. The molecule has 0 unspecified atom stereocenters. The van der Waals surface area contributed by atoms with Crippen molar-refractivity contribution in [3.8, 4) is 5.69 Å². The van der Waals surface area contributed by atoms with Crippen LogP contribution in [0.25, 0.3) is 5.69 Å². The molecular formula is C14H18N2. The molecule has 2 aromatic rings. The quantitative estimate of drug-likeness (QED) is 0.764. The molecule has 1 aromatic carbocycles. The molecule has 1 heterocycles. The van der Waals surface area contributed by atoms with Crippen LogP contribution in [0.2, 0.25) is 0 Å². The maximum absolute atomic E-state index is 4.35. The Morgan fingerprint density at radius 3 is 2.38 bits per heavy atom. The van der Waals surface area contributed by atoms with Gasteiger partial charge in [0.05, 0.1) is 11.9 Å². The van der Waals surface area contributed by atoms with Crippen LogP contribution in [0, 0.1) is 0 Å². The second-order valence-electron chi connectivity index (χ2n) is 4.39. The van der Waals surface area contributed by atoms with Crippen molar-refractivity contribution in [1.82, 2.24) is 9.78 Å². The minimum Gasteiger partial charge on any atom is -0.241 e. The SMILES string of the molecule is CCc1cnn(-c2ccc(C(C)C)cc2)c1. The van der Waals surface area contributed by atoms with Crippen molar-refractivity contribution in [3.63, 3.8) is 0 Å². The maximum atomic E-state index is 4.35. The number of aryl methyl sites for hydroxylation is 1. The highest BCUT2D eigenvalue weighted by atomic mass is 15.3. The summed E-state index contributed by atoms with van der Waals surface area (Å²) < 4.78 is 1.93. The van der Waals surface area contributed by atoms with Gasteiger partial charge in [-0.2, -0.15) is 5.10 Å². The van der Waals surface area contributed by atoms with Crippen molar-refractivity contribution in [1.29, 1.82) is 0 Å². The average Bonchev–Trinajstić information content (AvgIpc) is 2.77. The van der Waals surface area contributed by atoms with Gasteiger partial charge in [0.1, 0.15) is 0 Å².